The second kappa shape index (κ2) is 6.88. The van der Waals surface area contributed by atoms with Crippen molar-refractivity contribution < 1.29 is 0 Å². The molecule has 0 bridgehead atoms. The molecular formula is C14H26N4. The fourth-order valence-corrected chi connectivity index (χ4v) is 3.11. The molecule has 1 fully saturated rings. The quantitative estimate of drug-likeness (QED) is 0.808. The molecule has 1 aromatic heterocycles. The van der Waals surface area contributed by atoms with Gasteiger partial charge in [0.1, 0.15) is 12.2 Å². The minimum Gasteiger partial charge on any atom is -0.314 e. The van der Waals surface area contributed by atoms with Crippen LogP contribution >= 0.6 is 0 Å². The molecule has 0 spiro atoms. The van der Waals surface area contributed by atoms with Crippen LogP contribution in [0, 0.1) is 5.92 Å². The summed E-state index contributed by atoms with van der Waals surface area (Å²) in [5.74, 6) is 2.05. The average Bonchev–Trinajstić information content (AvgIpc) is 3.00. The van der Waals surface area contributed by atoms with Gasteiger partial charge in [0.15, 0.2) is 0 Å². The Morgan fingerprint density at radius 2 is 2.17 bits per heavy atom. The first kappa shape index (κ1) is 13.5. The lowest BCUT2D eigenvalue weighted by atomic mass is 9.96. The zero-order chi connectivity index (χ0) is 12.8. The van der Waals surface area contributed by atoms with Crippen LogP contribution in [0.2, 0.25) is 0 Å². The van der Waals surface area contributed by atoms with Gasteiger partial charge in [0.05, 0.1) is 0 Å². The number of nitrogens with zero attached hydrogens (tertiary/aromatic N) is 3. The smallest absolute Gasteiger partial charge is 0.138 e. The van der Waals surface area contributed by atoms with Crippen molar-refractivity contribution in [3.8, 4) is 0 Å². The van der Waals surface area contributed by atoms with E-state index in [1.165, 1.54) is 32.1 Å². The Morgan fingerprint density at radius 3 is 2.83 bits per heavy atom. The zero-order valence-electron chi connectivity index (χ0n) is 11.7. The first-order valence-electron chi connectivity index (χ1n) is 7.43. The molecule has 0 amide bonds. The Labute approximate surface area is 110 Å². The van der Waals surface area contributed by atoms with Crippen molar-refractivity contribution in [2.75, 3.05) is 6.54 Å². The highest BCUT2D eigenvalue weighted by Crippen LogP contribution is 2.29. The largest absolute Gasteiger partial charge is 0.314 e. The van der Waals surface area contributed by atoms with Crippen LogP contribution in [0.15, 0.2) is 6.33 Å². The summed E-state index contributed by atoms with van der Waals surface area (Å²) in [6.45, 7) is 6.26. The summed E-state index contributed by atoms with van der Waals surface area (Å²) in [5.41, 5.74) is 0. The molecule has 0 aromatic carbocycles. The summed E-state index contributed by atoms with van der Waals surface area (Å²) in [6, 6.07) is 0.563. The van der Waals surface area contributed by atoms with Gasteiger partial charge in [-0.25, -0.2) is 4.98 Å². The zero-order valence-corrected chi connectivity index (χ0v) is 11.7. The number of aryl methyl sites for hydroxylation is 1. The highest BCUT2D eigenvalue weighted by molar-refractivity contribution is 4.91. The molecule has 1 heterocycles. The number of hydrogen-bond acceptors (Lipinski definition) is 3. The van der Waals surface area contributed by atoms with Gasteiger partial charge in [-0.1, -0.05) is 32.6 Å². The summed E-state index contributed by atoms with van der Waals surface area (Å²) in [7, 11) is 0. The second-order valence-corrected chi connectivity index (χ2v) is 5.34. The molecule has 1 aliphatic carbocycles. The first-order chi connectivity index (χ1) is 8.83. The van der Waals surface area contributed by atoms with E-state index in [1.807, 2.05) is 4.68 Å². The molecule has 1 saturated carbocycles. The van der Waals surface area contributed by atoms with Crippen molar-refractivity contribution in [2.45, 2.75) is 65.0 Å². The van der Waals surface area contributed by atoms with Crippen LogP contribution in [0.5, 0.6) is 0 Å². The third-order valence-corrected chi connectivity index (χ3v) is 4.01. The molecule has 2 rings (SSSR count). The van der Waals surface area contributed by atoms with Gasteiger partial charge >= 0.3 is 0 Å². The van der Waals surface area contributed by atoms with Gasteiger partial charge in [0, 0.05) is 19.0 Å². The third kappa shape index (κ3) is 3.55. The number of hydrogen-bond donors (Lipinski definition) is 1. The highest BCUT2D eigenvalue weighted by Gasteiger charge is 2.21. The molecule has 1 atom stereocenters. The van der Waals surface area contributed by atoms with E-state index in [0.717, 1.165) is 31.3 Å². The van der Waals surface area contributed by atoms with Crippen molar-refractivity contribution in [3.63, 3.8) is 0 Å². The topological polar surface area (TPSA) is 42.7 Å². The normalized spacial score (nSPS) is 18.3. The second-order valence-electron chi connectivity index (χ2n) is 5.34. The Bertz CT molecular complexity index is 341. The third-order valence-electron chi connectivity index (χ3n) is 4.01. The van der Waals surface area contributed by atoms with Gasteiger partial charge in [-0.15, -0.1) is 0 Å². The summed E-state index contributed by atoms with van der Waals surface area (Å²) >= 11 is 0. The van der Waals surface area contributed by atoms with Crippen molar-refractivity contribution in [2.24, 2.45) is 5.92 Å². The fraction of sp³-hybridized carbons (Fsp3) is 0.857. The maximum Gasteiger partial charge on any atom is 0.138 e. The lowest BCUT2D eigenvalue weighted by molar-refractivity contribution is 0.381. The van der Waals surface area contributed by atoms with E-state index < -0.39 is 0 Å². The molecule has 1 aromatic rings. The number of likely N-dealkylation sites (N-methyl/N-ethyl adjacent to an activating group) is 1. The molecule has 0 radical (unpaired) electrons. The molecule has 0 aliphatic heterocycles. The van der Waals surface area contributed by atoms with Gasteiger partial charge in [-0.3, -0.25) is 4.68 Å². The molecule has 1 N–H and O–H groups in total. The molecule has 1 unspecified atom stereocenters. The SMILES string of the molecule is CCNC(Cc1ncnn1CC)CC1CCCC1. The molecule has 0 saturated heterocycles. The molecule has 4 nitrogen and oxygen atoms in total. The van der Waals surface area contributed by atoms with Crippen LogP contribution in [0.3, 0.4) is 0 Å². The van der Waals surface area contributed by atoms with Crippen molar-refractivity contribution in [1.29, 1.82) is 0 Å². The minimum absolute atomic E-state index is 0.563. The van der Waals surface area contributed by atoms with Gasteiger partial charge < -0.3 is 5.32 Å². The summed E-state index contributed by atoms with van der Waals surface area (Å²) in [6.07, 6.45) is 9.67. The number of aromatic nitrogens is 3. The summed E-state index contributed by atoms with van der Waals surface area (Å²) in [5, 5.41) is 7.88. The van der Waals surface area contributed by atoms with Gasteiger partial charge in [-0.05, 0) is 25.8 Å². The number of rotatable bonds is 7. The summed E-state index contributed by atoms with van der Waals surface area (Å²) < 4.78 is 2.01. The Kier molecular flexibility index (Phi) is 5.17. The fourth-order valence-electron chi connectivity index (χ4n) is 3.11. The van der Waals surface area contributed by atoms with Gasteiger partial charge in [-0.2, -0.15) is 5.10 Å². The summed E-state index contributed by atoms with van der Waals surface area (Å²) in [4.78, 5) is 4.40. The highest BCUT2D eigenvalue weighted by atomic mass is 15.3. The lowest BCUT2D eigenvalue weighted by Gasteiger charge is -2.21. The van der Waals surface area contributed by atoms with E-state index >= 15 is 0 Å². The van der Waals surface area contributed by atoms with Crippen molar-refractivity contribution in [1.82, 2.24) is 20.1 Å². The maximum absolute atomic E-state index is 4.40. The van der Waals surface area contributed by atoms with Crippen LogP contribution in [0.4, 0.5) is 0 Å². The molecule has 4 heteroatoms. The molecule has 18 heavy (non-hydrogen) atoms. The standard InChI is InChI=1S/C14H26N4/c1-3-15-13(9-12-7-5-6-8-12)10-14-16-11-17-18(14)4-2/h11-13,15H,3-10H2,1-2H3. The predicted molar refractivity (Wildman–Crippen MR) is 73.4 cm³/mol. The van der Waals surface area contributed by atoms with Crippen molar-refractivity contribution >= 4 is 0 Å². The number of nitrogens with one attached hydrogen (secondary N) is 1. The van der Waals surface area contributed by atoms with Crippen LogP contribution < -0.4 is 5.32 Å². The molecule has 1 aliphatic rings. The van der Waals surface area contributed by atoms with E-state index in [9.17, 15) is 0 Å². The Hall–Kier alpha value is -0.900. The van der Waals surface area contributed by atoms with E-state index in [-0.39, 0.29) is 0 Å². The van der Waals surface area contributed by atoms with E-state index in [0.29, 0.717) is 6.04 Å². The van der Waals surface area contributed by atoms with Crippen LogP contribution in [-0.4, -0.2) is 27.4 Å². The molecule has 102 valence electrons. The van der Waals surface area contributed by atoms with E-state index in [4.69, 9.17) is 0 Å². The Balaban J connectivity index is 1.92. The van der Waals surface area contributed by atoms with Gasteiger partial charge in [0.25, 0.3) is 0 Å². The lowest BCUT2D eigenvalue weighted by Crippen LogP contribution is -2.33. The first-order valence-corrected chi connectivity index (χ1v) is 7.43. The van der Waals surface area contributed by atoms with Gasteiger partial charge in [0.2, 0.25) is 0 Å². The average molecular weight is 250 g/mol. The van der Waals surface area contributed by atoms with E-state index in [2.05, 4.69) is 29.2 Å². The van der Waals surface area contributed by atoms with Crippen LogP contribution in [0.1, 0.15) is 51.8 Å². The van der Waals surface area contributed by atoms with Crippen molar-refractivity contribution in [3.05, 3.63) is 12.2 Å². The van der Waals surface area contributed by atoms with Crippen LogP contribution in [-0.2, 0) is 13.0 Å². The maximum atomic E-state index is 4.40. The molecular weight excluding hydrogens is 224 g/mol. The van der Waals surface area contributed by atoms with E-state index in [1.54, 1.807) is 6.33 Å². The minimum atomic E-state index is 0.563. The predicted octanol–water partition coefficient (Wildman–Crippen LogP) is 2.40. The Morgan fingerprint density at radius 1 is 1.39 bits per heavy atom. The monoisotopic (exact) mass is 250 g/mol. The van der Waals surface area contributed by atoms with Crippen LogP contribution in [0.25, 0.3) is 0 Å².